The molecule has 0 radical (unpaired) electrons. The van der Waals surface area contributed by atoms with Gasteiger partial charge in [0.2, 0.25) is 15.9 Å². The van der Waals surface area contributed by atoms with Gasteiger partial charge in [0.25, 0.3) is 0 Å². The van der Waals surface area contributed by atoms with Crippen LogP contribution in [0.3, 0.4) is 0 Å². The second-order valence-corrected chi connectivity index (χ2v) is 8.33. The zero-order valence-corrected chi connectivity index (χ0v) is 13.8. The molecule has 0 aliphatic carbocycles. The zero-order valence-electron chi connectivity index (χ0n) is 13.0. The number of piperidine rings is 2. The molecule has 122 valence electrons. The molecule has 0 saturated carbocycles. The maximum atomic E-state index is 12.3. The van der Waals surface area contributed by atoms with Crippen molar-refractivity contribution in [3.05, 3.63) is 0 Å². The minimum atomic E-state index is -3.11. The average molecular weight is 317 g/mol. The third-order valence-corrected chi connectivity index (χ3v) is 6.55. The van der Waals surface area contributed by atoms with Gasteiger partial charge in [0.1, 0.15) is 0 Å². The Bertz CT molecular complexity index is 458. The second kappa shape index (κ2) is 7.07. The second-order valence-electron chi connectivity index (χ2n) is 6.07. The lowest BCUT2D eigenvalue weighted by Crippen LogP contribution is -2.54. The fourth-order valence-electron chi connectivity index (χ4n) is 3.12. The molecule has 2 saturated heterocycles. The first kappa shape index (κ1) is 16.7. The van der Waals surface area contributed by atoms with Crippen molar-refractivity contribution in [3.63, 3.8) is 0 Å². The minimum Gasteiger partial charge on any atom is -0.352 e. The van der Waals surface area contributed by atoms with Crippen molar-refractivity contribution in [2.45, 2.75) is 51.6 Å². The summed E-state index contributed by atoms with van der Waals surface area (Å²) in [6.07, 6.45) is 3.35. The highest BCUT2D eigenvalue weighted by Crippen LogP contribution is 2.21. The van der Waals surface area contributed by atoms with Crippen LogP contribution in [0.15, 0.2) is 0 Å². The molecule has 2 heterocycles. The molecule has 1 amide bonds. The molecule has 21 heavy (non-hydrogen) atoms. The Hall–Kier alpha value is -0.660. The van der Waals surface area contributed by atoms with Gasteiger partial charge < -0.3 is 10.6 Å². The molecular formula is C14H27N3O3S. The predicted octanol–water partition coefficient (Wildman–Crippen LogP) is 0.305. The maximum Gasteiger partial charge on any atom is 0.223 e. The van der Waals surface area contributed by atoms with Crippen molar-refractivity contribution in [2.24, 2.45) is 5.92 Å². The number of hydrogen-bond acceptors (Lipinski definition) is 4. The van der Waals surface area contributed by atoms with E-state index in [1.165, 1.54) is 4.31 Å². The Morgan fingerprint density at radius 1 is 1.29 bits per heavy atom. The quantitative estimate of drug-likeness (QED) is 0.782. The molecule has 2 N–H and O–H groups in total. The van der Waals surface area contributed by atoms with Gasteiger partial charge in [-0.2, -0.15) is 0 Å². The summed E-state index contributed by atoms with van der Waals surface area (Å²) in [5.74, 6) is 0.168. The Morgan fingerprint density at radius 2 is 1.95 bits per heavy atom. The van der Waals surface area contributed by atoms with E-state index < -0.39 is 10.0 Å². The van der Waals surface area contributed by atoms with Crippen LogP contribution in [0.25, 0.3) is 0 Å². The fraction of sp³-hybridized carbons (Fsp3) is 0.929. The highest BCUT2D eigenvalue weighted by molar-refractivity contribution is 7.89. The standard InChI is InChI=1S/C14H27N3O3S/c1-3-21(19,20)17-9-6-12(7-10-17)14(18)16-13-5-4-8-15-11(13)2/h11-13,15H,3-10H2,1-2H3,(H,16,18). The molecule has 7 heteroatoms. The van der Waals surface area contributed by atoms with E-state index in [2.05, 4.69) is 17.6 Å². The van der Waals surface area contributed by atoms with Gasteiger partial charge in [-0.1, -0.05) is 0 Å². The van der Waals surface area contributed by atoms with E-state index in [0.29, 0.717) is 32.0 Å². The number of carbonyl (C=O) groups is 1. The molecule has 6 nitrogen and oxygen atoms in total. The van der Waals surface area contributed by atoms with Gasteiger partial charge in [-0.15, -0.1) is 0 Å². The number of sulfonamides is 1. The molecule has 2 aliphatic heterocycles. The molecular weight excluding hydrogens is 290 g/mol. The summed E-state index contributed by atoms with van der Waals surface area (Å²) in [5.41, 5.74) is 0. The summed E-state index contributed by atoms with van der Waals surface area (Å²) in [7, 11) is -3.11. The largest absolute Gasteiger partial charge is 0.352 e. The molecule has 2 rings (SSSR count). The normalized spacial score (nSPS) is 29.2. The number of hydrogen-bond donors (Lipinski definition) is 2. The summed E-state index contributed by atoms with van der Waals surface area (Å²) in [6.45, 7) is 5.70. The molecule has 0 aromatic carbocycles. The molecule has 0 spiro atoms. The van der Waals surface area contributed by atoms with E-state index in [1.807, 2.05) is 0 Å². The van der Waals surface area contributed by atoms with Crippen molar-refractivity contribution in [3.8, 4) is 0 Å². The van der Waals surface area contributed by atoms with Gasteiger partial charge in [-0.3, -0.25) is 4.79 Å². The summed E-state index contributed by atoms with van der Waals surface area (Å²) in [6, 6.07) is 0.506. The third-order valence-electron chi connectivity index (χ3n) is 4.67. The first-order valence-corrected chi connectivity index (χ1v) is 9.56. The minimum absolute atomic E-state index is 0.0533. The lowest BCUT2D eigenvalue weighted by atomic mass is 9.94. The van der Waals surface area contributed by atoms with Crippen molar-refractivity contribution >= 4 is 15.9 Å². The van der Waals surface area contributed by atoms with Crippen LogP contribution in [0.4, 0.5) is 0 Å². The van der Waals surface area contributed by atoms with Crippen LogP contribution >= 0.6 is 0 Å². The van der Waals surface area contributed by atoms with E-state index >= 15 is 0 Å². The van der Waals surface area contributed by atoms with Gasteiger partial charge in [-0.05, 0) is 46.1 Å². The molecule has 2 atom stereocenters. The summed E-state index contributed by atoms with van der Waals surface area (Å²) in [4.78, 5) is 12.3. The number of nitrogens with one attached hydrogen (secondary N) is 2. The van der Waals surface area contributed by atoms with Crippen LogP contribution in [0.2, 0.25) is 0 Å². The molecule has 0 bridgehead atoms. The SMILES string of the molecule is CCS(=O)(=O)N1CCC(C(=O)NC2CCCNC2C)CC1. The Kier molecular flexibility index (Phi) is 5.62. The number of carbonyl (C=O) groups excluding carboxylic acids is 1. The van der Waals surface area contributed by atoms with Crippen molar-refractivity contribution in [1.82, 2.24) is 14.9 Å². The zero-order chi connectivity index (χ0) is 15.5. The van der Waals surface area contributed by atoms with E-state index in [0.717, 1.165) is 19.4 Å². The smallest absolute Gasteiger partial charge is 0.223 e. The van der Waals surface area contributed by atoms with Crippen LogP contribution in [0.5, 0.6) is 0 Å². The third kappa shape index (κ3) is 4.17. The summed E-state index contributed by atoms with van der Waals surface area (Å²) < 4.78 is 25.1. The first-order valence-electron chi connectivity index (χ1n) is 7.95. The Morgan fingerprint density at radius 3 is 2.52 bits per heavy atom. The number of rotatable bonds is 4. The first-order chi connectivity index (χ1) is 9.94. The molecule has 2 fully saturated rings. The van der Waals surface area contributed by atoms with Gasteiger partial charge in [0.15, 0.2) is 0 Å². The molecule has 2 unspecified atom stereocenters. The maximum absolute atomic E-state index is 12.3. The van der Waals surface area contributed by atoms with Crippen LogP contribution < -0.4 is 10.6 Å². The highest BCUT2D eigenvalue weighted by Gasteiger charge is 2.32. The van der Waals surface area contributed by atoms with Crippen molar-refractivity contribution < 1.29 is 13.2 Å². The highest BCUT2D eigenvalue weighted by atomic mass is 32.2. The predicted molar refractivity (Wildman–Crippen MR) is 82.4 cm³/mol. The van der Waals surface area contributed by atoms with Crippen molar-refractivity contribution in [1.29, 1.82) is 0 Å². The molecule has 2 aliphatic rings. The monoisotopic (exact) mass is 317 g/mol. The Balaban J connectivity index is 1.83. The molecule has 0 aromatic rings. The van der Waals surface area contributed by atoms with Gasteiger partial charge in [-0.25, -0.2) is 12.7 Å². The lowest BCUT2D eigenvalue weighted by molar-refractivity contribution is -0.127. The fourth-order valence-corrected chi connectivity index (χ4v) is 4.25. The lowest BCUT2D eigenvalue weighted by Gasteiger charge is -2.34. The molecule has 0 aromatic heterocycles. The van der Waals surface area contributed by atoms with Crippen LogP contribution in [-0.4, -0.2) is 56.1 Å². The van der Waals surface area contributed by atoms with Crippen molar-refractivity contribution in [2.75, 3.05) is 25.4 Å². The topological polar surface area (TPSA) is 78.5 Å². The number of nitrogens with zero attached hydrogens (tertiary/aromatic N) is 1. The van der Waals surface area contributed by atoms with E-state index in [-0.39, 0.29) is 23.6 Å². The number of amides is 1. The van der Waals surface area contributed by atoms with Crippen LogP contribution in [0, 0.1) is 5.92 Å². The van der Waals surface area contributed by atoms with Gasteiger partial charge in [0.05, 0.1) is 5.75 Å². The summed E-state index contributed by atoms with van der Waals surface area (Å²) in [5, 5.41) is 6.51. The van der Waals surface area contributed by atoms with Gasteiger partial charge >= 0.3 is 0 Å². The van der Waals surface area contributed by atoms with E-state index in [9.17, 15) is 13.2 Å². The van der Waals surface area contributed by atoms with Crippen LogP contribution in [0.1, 0.15) is 39.5 Å². The average Bonchev–Trinajstić information content (AvgIpc) is 2.49. The van der Waals surface area contributed by atoms with E-state index in [4.69, 9.17) is 0 Å². The van der Waals surface area contributed by atoms with Gasteiger partial charge in [0, 0.05) is 31.1 Å². The van der Waals surface area contributed by atoms with E-state index in [1.54, 1.807) is 6.92 Å². The van der Waals surface area contributed by atoms with Crippen LogP contribution in [-0.2, 0) is 14.8 Å². The summed E-state index contributed by atoms with van der Waals surface area (Å²) >= 11 is 0. The Labute approximate surface area is 127 Å².